The van der Waals surface area contributed by atoms with Gasteiger partial charge in [-0.2, -0.15) is 0 Å². The van der Waals surface area contributed by atoms with E-state index < -0.39 is 0 Å². The third kappa shape index (κ3) is 1.80. The van der Waals surface area contributed by atoms with E-state index in [-0.39, 0.29) is 12.1 Å². The molecule has 3 aliphatic carbocycles. The molecule has 0 saturated heterocycles. The minimum Gasteiger partial charge on any atom is -0.458 e. The Hall–Kier alpha value is -1.31. The molecule has 100 valence electrons. The maximum absolute atomic E-state index is 12.1. The van der Waals surface area contributed by atoms with Crippen LogP contribution >= 0.6 is 0 Å². The van der Waals surface area contributed by atoms with Crippen molar-refractivity contribution in [1.82, 2.24) is 0 Å². The molecule has 3 saturated carbocycles. The zero-order valence-electron chi connectivity index (χ0n) is 11.1. The lowest BCUT2D eigenvalue weighted by Gasteiger charge is -2.31. The fourth-order valence-corrected chi connectivity index (χ4v) is 4.92. The van der Waals surface area contributed by atoms with Crippen LogP contribution in [-0.4, -0.2) is 12.1 Å². The summed E-state index contributed by atoms with van der Waals surface area (Å²) in [6.07, 6.45) is 6.79. The van der Waals surface area contributed by atoms with Crippen LogP contribution in [0.15, 0.2) is 30.3 Å². The molecule has 0 N–H and O–H groups in total. The van der Waals surface area contributed by atoms with Crippen LogP contribution in [-0.2, 0) is 4.74 Å². The molecular weight excluding hydrogens is 236 g/mol. The van der Waals surface area contributed by atoms with Crippen LogP contribution in [0.3, 0.4) is 0 Å². The summed E-state index contributed by atoms with van der Waals surface area (Å²) >= 11 is 0. The first kappa shape index (κ1) is 11.5. The highest BCUT2D eigenvalue weighted by Gasteiger charge is 2.55. The van der Waals surface area contributed by atoms with Crippen molar-refractivity contribution in [1.29, 1.82) is 0 Å². The second kappa shape index (κ2) is 4.36. The molecule has 2 heteroatoms. The molecule has 1 aromatic rings. The molecule has 0 aromatic heterocycles. The van der Waals surface area contributed by atoms with Crippen molar-refractivity contribution in [2.75, 3.05) is 0 Å². The zero-order valence-corrected chi connectivity index (χ0v) is 11.1. The second-order valence-electron chi connectivity index (χ2n) is 6.46. The number of carbonyl (C=O) groups is 1. The van der Waals surface area contributed by atoms with Gasteiger partial charge in [-0.25, -0.2) is 4.79 Å². The maximum Gasteiger partial charge on any atom is 0.338 e. The van der Waals surface area contributed by atoms with Gasteiger partial charge in [-0.1, -0.05) is 24.6 Å². The van der Waals surface area contributed by atoms with E-state index in [4.69, 9.17) is 4.74 Å². The Balaban J connectivity index is 1.46. The Morgan fingerprint density at radius 2 is 1.79 bits per heavy atom. The van der Waals surface area contributed by atoms with Crippen LogP contribution < -0.4 is 0 Å². The Labute approximate surface area is 114 Å². The van der Waals surface area contributed by atoms with Gasteiger partial charge in [0.1, 0.15) is 6.10 Å². The Morgan fingerprint density at radius 3 is 2.63 bits per heavy atom. The molecule has 0 amide bonds. The van der Waals surface area contributed by atoms with Crippen molar-refractivity contribution in [2.24, 2.45) is 23.7 Å². The van der Waals surface area contributed by atoms with Gasteiger partial charge in [-0.3, -0.25) is 0 Å². The highest BCUT2D eigenvalue weighted by Crippen LogP contribution is 2.59. The van der Waals surface area contributed by atoms with Gasteiger partial charge in [0.05, 0.1) is 5.56 Å². The van der Waals surface area contributed by atoms with Crippen LogP contribution in [0.5, 0.6) is 0 Å². The molecule has 5 atom stereocenters. The molecule has 3 fully saturated rings. The van der Waals surface area contributed by atoms with E-state index in [2.05, 4.69) is 0 Å². The van der Waals surface area contributed by atoms with Gasteiger partial charge in [0, 0.05) is 0 Å². The van der Waals surface area contributed by atoms with E-state index in [1.807, 2.05) is 30.3 Å². The molecule has 0 heterocycles. The number of esters is 1. The molecule has 3 aliphatic rings. The fourth-order valence-electron chi connectivity index (χ4n) is 4.92. The van der Waals surface area contributed by atoms with Gasteiger partial charge in [0.25, 0.3) is 0 Å². The Bertz CT molecular complexity index is 481. The number of fused-ring (bicyclic) bond motifs is 5. The normalized spacial score (nSPS) is 39.3. The van der Waals surface area contributed by atoms with E-state index in [1.54, 1.807) is 0 Å². The summed E-state index contributed by atoms with van der Waals surface area (Å²) in [7, 11) is 0. The van der Waals surface area contributed by atoms with E-state index in [1.165, 1.54) is 25.7 Å². The molecule has 5 unspecified atom stereocenters. The lowest BCUT2D eigenvalue weighted by Crippen LogP contribution is -2.32. The van der Waals surface area contributed by atoms with Crippen LogP contribution in [0, 0.1) is 23.7 Å². The summed E-state index contributed by atoms with van der Waals surface area (Å²) in [5.74, 6) is 3.17. The number of hydrogen-bond donors (Lipinski definition) is 0. The van der Waals surface area contributed by atoms with Gasteiger partial charge < -0.3 is 4.74 Å². The van der Waals surface area contributed by atoms with Crippen LogP contribution in [0.4, 0.5) is 0 Å². The first-order valence-electron chi connectivity index (χ1n) is 7.59. The smallest absolute Gasteiger partial charge is 0.338 e. The highest BCUT2D eigenvalue weighted by molar-refractivity contribution is 5.89. The van der Waals surface area contributed by atoms with E-state index >= 15 is 0 Å². The zero-order chi connectivity index (χ0) is 12.8. The molecule has 2 nitrogen and oxygen atoms in total. The fraction of sp³-hybridized carbons (Fsp3) is 0.588. The SMILES string of the molecule is O=C(OC1CC2CC1C1CCCC21)c1ccccc1. The maximum atomic E-state index is 12.1. The first-order valence-corrected chi connectivity index (χ1v) is 7.59. The minimum atomic E-state index is -0.132. The predicted molar refractivity (Wildman–Crippen MR) is 72.7 cm³/mol. The molecule has 0 spiro atoms. The van der Waals surface area contributed by atoms with E-state index in [9.17, 15) is 4.79 Å². The molecule has 1 aromatic carbocycles. The predicted octanol–water partition coefficient (Wildman–Crippen LogP) is 3.67. The standard InChI is InChI=1S/C17H20O2/c18-17(11-5-2-1-3-6-11)19-16-10-12-9-15(16)14-8-4-7-13(12)14/h1-3,5-6,12-16H,4,7-10H2. The van der Waals surface area contributed by atoms with Crippen LogP contribution in [0.25, 0.3) is 0 Å². The number of ether oxygens (including phenoxy) is 1. The Morgan fingerprint density at radius 1 is 1.00 bits per heavy atom. The molecule has 0 aliphatic heterocycles. The molecule has 19 heavy (non-hydrogen) atoms. The van der Waals surface area contributed by atoms with Crippen molar-refractivity contribution in [2.45, 2.75) is 38.2 Å². The number of hydrogen-bond acceptors (Lipinski definition) is 2. The van der Waals surface area contributed by atoms with Crippen molar-refractivity contribution in [3.8, 4) is 0 Å². The van der Waals surface area contributed by atoms with Crippen molar-refractivity contribution >= 4 is 5.97 Å². The van der Waals surface area contributed by atoms with Gasteiger partial charge >= 0.3 is 5.97 Å². The summed E-state index contributed by atoms with van der Waals surface area (Å²) in [5.41, 5.74) is 0.688. The number of carbonyl (C=O) groups excluding carboxylic acids is 1. The Kier molecular flexibility index (Phi) is 2.64. The third-order valence-corrected chi connectivity index (χ3v) is 5.64. The third-order valence-electron chi connectivity index (χ3n) is 5.64. The minimum absolute atomic E-state index is 0.132. The number of benzene rings is 1. The summed E-state index contributed by atoms with van der Waals surface area (Å²) in [6.45, 7) is 0. The van der Waals surface area contributed by atoms with Crippen molar-refractivity contribution in [3.05, 3.63) is 35.9 Å². The lowest BCUT2D eigenvalue weighted by atomic mass is 9.80. The van der Waals surface area contributed by atoms with Gasteiger partial charge in [-0.15, -0.1) is 0 Å². The molecular formula is C17H20O2. The van der Waals surface area contributed by atoms with Gasteiger partial charge in [-0.05, 0) is 61.5 Å². The van der Waals surface area contributed by atoms with Gasteiger partial charge in [0.2, 0.25) is 0 Å². The summed E-state index contributed by atoms with van der Waals surface area (Å²) in [4.78, 5) is 12.1. The topological polar surface area (TPSA) is 26.3 Å². The lowest BCUT2D eigenvalue weighted by molar-refractivity contribution is 0.00143. The second-order valence-corrected chi connectivity index (χ2v) is 6.46. The van der Waals surface area contributed by atoms with Crippen LogP contribution in [0.2, 0.25) is 0 Å². The van der Waals surface area contributed by atoms with E-state index in [0.717, 1.165) is 24.2 Å². The molecule has 4 rings (SSSR count). The average molecular weight is 256 g/mol. The molecule has 0 radical (unpaired) electrons. The average Bonchev–Trinajstić information content (AvgIpc) is 3.11. The summed E-state index contributed by atoms with van der Waals surface area (Å²) in [6, 6.07) is 9.40. The summed E-state index contributed by atoms with van der Waals surface area (Å²) in [5, 5.41) is 0. The van der Waals surface area contributed by atoms with Crippen molar-refractivity contribution < 1.29 is 9.53 Å². The van der Waals surface area contributed by atoms with Gasteiger partial charge in [0.15, 0.2) is 0 Å². The highest BCUT2D eigenvalue weighted by atomic mass is 16.5. The van der Waals surface area contributed by atoms with E-state index in [0.29, 0.717) is 11.5 Å². The summed E-state index contributed by atoms with van der Waals surface area (Å²) < 4.78 is 5.80. The largest absolute Gasteiger partial charge is 0.458 e. The monoisotopic (exact) mass is 256 g/mol. The number of rotatable bonds is 2. The first-order chi connectivity index (χ1) is 9.33. The molecule has 2 bridgehead atoms. The van der Waals surface area contributed by atoms with Crippen molar-refractivity contribution in [3.63, 3.8) is 0 Å². The van der Waals surface area contributed by atoms with Crippen LogP contribution in [0.1, 0.15) is 42.5 Å². The quantitative estimate of drug-likeness (QED) is 0.755.